The number of hydrogen-bond donors (Lipinski definition) is 0. The molecule has 0 unspecified atom stereocenters. The number of anilines is 2. The zero-order valence-electron chi connectivity index (χ0n) is 19.0. The number of hydrogen-bond acceptors (Lipinski definition) is 4. The fourth-order valence-corrected chi connectivity index (χ4v) is 5.66. The Morgan fingerprint density at radius 1 is 0.765 bits per heavy atom. The summed E-state index contributed by atoms with van der Waals surface area (Å²) in [5.41, 5.74) is 2.89. The highest BCUT2D eigenvalue weighted by Gasteiger charge is 2.26. The van der Waals surface area contributed by atoms with Gasteiger partial charge in [-0.15, -0.1) is 12.4 Å². The van der Waals surface area contributed by atoms with Crippen LogP contribution in [0.2, 0.25) is 0 Å². The predicted molar refractivity (Wildman–Crippen MR) is 140 cm³/mol. The van der Waals surface area contributed by atoms with Gasteiger partial charge >= 0.3 is 0 Å². The minimum absolute atomic E-state index is 0. The van der Waals surface area contributed by atoms with Crippen molar-refractivity contribution < 1.29 is 9.18 Å². The lowest BCUT2D eigenvalue weighted by molar-refractivity contribution is 0.0983. The summed E-state index contributed by atoms with van der Waals surface area (Å²) in [6.07, 6.45) is 2.02. The summed E-state index contributed by atoms with van der Waals surface area (Å²) in [6.45, 7) is 5.68. The molecule has 0 bridgehead atoms. The molecule has 1 amide bonds. The van der Waals surface area contributed by atoms with Crippen molar-refractivity contribution >= 4 is 41.5 Å². The van der Waals surface area contributed by atoms with Crippen LogP contribution >= 0.6 is 24.2 Å². The zero-order valence-corrected chi connectivity index (χ0v) is 20.7. The van der Waals surface area contributed by atoms with Crippen LogP contribution in [-0.4, -0.2) is 50.1 Å². The number of amides is 1. The molecular weight excluding hydrogens is 469 g/mol. The monoisotopic (exact) mass is 497 g/mol. The molecule has 1 fully saturated rings. The molecule has 2 aliphatic rings. The van der Waals surface area contributed by atoms with E-state index in [9.17, 15) is 9.18 Å². The van der Waals surface area contributed by atoms with E-state index >= 15 is 0 Å². The summed E-state index contributed by atoms with van der Waals surface area (Å²) in [6, 6.07) is 22.9. The van der Waals surface area contributed by atoms with E-state index in [4.69, 9.17) is 0 Å². The van der Waals surface area contributed by atoms with Gasteiger partial charge in [-0.1, -0.05) is 36.0 Å². The number of benzene rings is 3. The molecule has 3 aromatic carbocycles. The second kappa shape index (κ2) is 11.3. The lowest BCUT2D eigenvalue weighted by Gasteiger charge is -2.36. The molecule has 2 aliphatic heterocycles. The van der Waals surface area contributed by atoms with E-state index < -0.39 is 0 Å². The molecule has 0 atom stereocenters. The maximum absolute atomic E-state index is 13.4. The van der Waals surface area contributed by atoms with Crippen LogP contribution in [0.15, 0.2) is 82.6 Å². The molecule has 3 aromatic rings. The largest absolute Gasteiger partial charge is 0.369 e. The van der Waals surface area contributed by atoms with Crippen molar-refractivity contribution in [2.45, 2.75) is 22.6 Å². The molecular formula is C27H29ClFN3OS. The first kappa shape index (κ1) is 24.6. The molecule has 0 N–H and O–H groups in total. The number of carbonyl (C=O) groups is 1. The molecule has 0 spiro atoms. The standard InChI is InChI=1S/C27H28FN3OS.ClH/c28-21-11-13-22(14-12-21)30-19-17-29(18-20-30)15-5-6-16-31-24-8-2-4-10-26(24)33-25-9-3-1-7-23(25)27(31)32;/h1-4,7-14H,5-6,15-20H2;1H. The van der Waals surface area contributed by atoms with Crippen LogP contribution in [0.25, 0.3) is 0 Å². The van der Waals surface area contributed by atoms with E-state index in [1.54, 1.807) is 11.8 Å². The summed E-state index contributed by atoms with van der Waals surface area (Å²) in [4.78, 5) is 22.3. The van der Waals surface area contributed by atoms with Gasteiger partial charge in [0.1, 0.15) is 5.82 Å². The smallest absolute Gasteiger partial charge is 0.259 e. The van der Waals surface area contributed by atoms with Crippen molar-refractivity contribution in [3.63, 3.8) is 0 Å². The number of carbonyl (C=O) groups excluding carboxylic acids is 1. The van der Waals surface area contributed by atoms with Gasteiger partial charge in [-0.2, -0.15) is 0 Å². The number of unbranched alkanes of at least 4 members (excludes halogenated alkanes) is 1. The Labute approximate surface area is 211 Å². The predicted octanol–water partition coefficient (Wildman–Crippen LogP) is 5.96. The molecule has 5 rings (SSSR count). The molecule has 0 radical (unpaired) electrons. The van der Waals surface area contributed by atoms with Crippen molar-refractivity contribution in [2.24, 2.45) is 0 Å². The van der Waals surface area contributed by atoms with Crippen LogP contribution in [0.4, 0.5) is 15.8 Å². The van der Waals surface area contributed by atoms with E-state index in [0.717, 1.165) is 78.8 Å². The van der Waals surface area contributed by atoms with E-state index in [0.29, 0.717) is 0 Å². The SMILES string of the molecule is Cl.O=C1c2ccccc2Sc2ccccc2N1CCCCN1CCN(c2ccc(F)cc2)CC1. The number of fused-ring (bicyclic) bond motifs is 2. The van der Waals surface area contributed by atoms with Crippen molar-refractivity contribution in [1.82, 2.24) is 4.90 Å². The average Bonchev–Trinajstić information content (AvgIpc) is 2.97. The quantitative estimate of drug-likeness (QED) is 0.392. The molecule has 7 heteroatoms. The summed E-state index contributed by atoms with van der Waals surface area (Å²) in [5, 5.41) is 0. The second-order valence-electron chi connectivity index (χ2n) is 8.53. The first-order chi connectivity index (χ1) is 16.2. The number of rotatable bonds is 6. The average molecular weight is 498 g/mol. The van der Waals surface area contributed by atoms with Gasteiger partial charge in [0.25, 0.3) is 5.91 Å². The lowest BCUT2D eigenvalue weighted by Crippen LogP contribution is -2.46. The highest BCUT2D eigenvalue weighted by molar-refractivity contribution is 7.99. The highest BCUT2D eigenvalue weighted by Crippen LogP contribution is 2.41. The Kier molecular flexibility index (Phi) is 8.14. The van der Waals surface area contributed by atoms with E-state index in [1.807, 2.05) is 53.4 Å². The molecule has 4 nitrogen and oxygen atoms in total. The van der Waals surface area contributed by atoms with Crippen LogP contribution in [0.5, 0.6) is 0 Å². The summed E-state index contributed by atoms with van der Waals surface area (Å²) in [7, 11) is 0. The summed E-state index contributed by atoms with van der Waals surface area (Å²) in [5.74, 6) is -0.0963. The third kappa shape index (κ3) is 5.40. The Morgan fingerprint density at radius 3 is 2.18 bits per heavy atom. The van der Waals surface area contributed by atoms with Crippen molar-refractivity contribution in [2.75, 3.05) is 49.1 Å². The van der Waals surface area contributed by atoms with Gasteiger partial charge in [-0.25, -0.2) is 4.39 Å². The molecule has 0 aromatic heterocycles. The third-order valence-corrected chi connectivity index (χ3v) is 7.55. The fourth-order valence-electron chi connectivity index (χ4n) is 4.58. The van der Waals surface area contributed by atoms with E-state index in [2.05, 4.69) is 21.9 Å². The molecule has 0 aliphatic carbocycles. The number of para-hydroxylation sites is 1. The van der Waals surface area contributed by atoms with Crippen molar-refractivity contribution in [3.8, 4) is 0 Å². The van der Waals surface area contributed by atoms with Gasteiger partial charge in [-0.05, 0) is 67.9 Å². The van der Waals surface area contributed by atoms with Gasteiger partial charge in [-0.3, -0.25) is 9.69 Å². The number of halogens is 2. The summed E-state index contributed by atoms with van der Waals surface area (Å²) >= 11 is 1.68. The van der Waals surface area contributed by atoms with Crippen molar-refractivity contribution in [3.05, 3.63) is 84.2 Å². The topological polar surface area (TPSA) is 26.8 Å². The number of nitrogens with zero attached hydrogens (tertiary/aromatic N) is 3. The minimum atomic E-state index is -0.190. The van der Waals surface area contributed by atoms with Crippen LogP contribution < -0.4 is 9.80 Å². The van der Waals surface area contributed by atoms with Crippen LogP contribution in [0, 0.1) is 5.82 Å². The van der Waals surface area contributed by atoms with Gasteiger partial charge in [0.2, 0.25) is 0 Å². The Morgan fingerprint density at radius 2 is 1.41 bits per heavy atom. The second-order valence-corrected chi connectivity index (χ2v) is 9.62. The normalized spacial score (nSPS) is 15.9. The van der Waals surface area contributed by atoms with E-state index in [-0.39, 0.29) is 24.1 Å². The van der Waals surface area contributed by atoms with Crippen LogP contribution in [0.1, 0.15) is 23.2 Å². The maximum atomic E-state index is 13.4. The lowest BCUT2D eigenvalue weighted by atomic mass is 10.1. The Bertz CT molecular complexity index is 1120. The van der Waals surface area contributed by atoms with Crippen molar-refractivity contribution in [1.29, 1.82) is 0 Å². The summed E-state index contributed by atoms with van der Waals surface area (Å²) < 4.78 is 13.2. The van der Waals surface area contributed by atoms with Gasteiger partial charge < -0.3 is 9.80 Å². The molecule has 178 valence electrons. The van der Waals surface area contributed by atoms with Gasteiger partial charge in [0.05, 0.1) is 11.3 Å². The van der Waals surface area contributed by atoms with E-state index in [1.165, 1.54) is 12.1 Å². The maximum Gasteiger partial charge on any atom is 0.259 e. The van der Waals surface area contributed by atoms with Crippen LogP contribution in [-0.2, 0) is 0 Å². The fraction of sp³-hybridized carbons (Fsp3) is 0.296. The third-order valence-electron chi connectivity index (χ3n) is 6.41. The van der Waals surface area contributed by atoms with Crippen LogP contribution in [0.3, 0.4) is 0 Å². The number of piperazine rings is 1. The van der Waals surface area contributed by atoms with Gasteiger partial charge in [0.15, 0.2) is 0 Å². The highest BCUT2D eigenvalue weighted by atomic mass is 35.5. The first-order valence-electron chi connectivity index (χ1n) is 11.6. The Balaban J connectivity index is 0.00000274. The first-order valence-corrected chi connectivity index (χ1v) is 12.4. The van der Waals surface area contributed by atoms with Gasteiger partial charge in [0, 0.05) is 48.2 Å². The molecule has 1 saturated heterocycles. The molecule has 34 heavy (non-hydrogen) atoms. The minimum Gasteiger partial charge on any atom is -0.369 e. The Hall–Kier alpha value is -2.54. The molecule has 2 heterocycles. The molecule has 0 saturated carbocycles. The zero-order chi connectivity index (χ0) is 22.6.